The van der Waals surface area contributed by atoms with Crippen molar-refractivity contribution in [1.82, 2.24) is 20.2 Å². The second-order valence-corrected chi connectivity index (χ2v) is 7.25. The number of rotatable bonds is 1. The number of nitrogens with zero attached hydrogens (tertiary/aromatic N) is 4. The quantitative estimate of drug-likeness (QED) is 0.588. The van der Waals surface area contributed by atoms with Gasteiger partial charge in [-0.15, -0.1) is 5.10 Å². The van der Waals surface area contributed by atoms with Gasteiger partial charge in [0.25, 0.3) is 0 Å². The molecule has 0 fully saturated rings. The highest BCUT2D eigenvalue weighted by atomic mass is 127. The predicted octanol–water partition coefficient (Wildman–Crippen LogP) is 2.10. The molecule has 0 unspecified atom stereocenters. The molecule has 0 saturated heterocycles. The molecule has 4 nitrogen and oxygen atoms in total. The third-order valence-electron chi connectivity index (χ3n) is 1.64. The number of halogens is 1. The summed E-state index contributed by atoms with van der Waals surface area (Å²) in [7, 11) is 0. The molecule has 0 saturated carbocycles. The lowest BCUT2D eigenvalue weighted by atomic mass is 10.1. The molecular weight excluding hydrogens is 279 g/mol. The Labute approximate surface area is 92.2 Å². The van der Waals surface area contributed by atoms with Crippen molar-refractivity contribution in [3.63, 3.8) is 0 Å². The first kappa shape index (κ1) is 10.9. The normalized spacial score (nSPS) is 13.4. The Kier molecular flexibility index (Phi) is 2.66. The van der Waals surface area contributed by atoms with E-state index in [1.807, 2.05) is 4.68 Å². The molecule has 0 atom stereocenters. The SMILES string of the molecule is CC(C)(I)c1nnnn1C(C)(C)C. The fourth-order valence-corrected chi connectivity index (χ4v) is 1.35. The monoisotopic (exact) mass is 294 g/mol. The van der Waals surface area contributed by atoms with Gasteiger partial charge < -0.3 is 0 Å². The van der Waals surface area contributed by atoms with Crippen molar-refractivity contribution in [3.05, 3.63) is 5.82 Å². The number of alkyl halides is 1. The molecule has 0 aliphatic heterocycles. The van der Waals surface area contributed by atoms with E-state index in [2.05, 4.69) is 72.7 Å². The molecule has 0 spiro atoms. The standard InChI is InChI=1S/C8H15IN4/c1-7(2,3)13-6(8(4,5)9)10-11-12-13/h1-5H3. The fourth-order valence-electron chi connectivity index (χ4n) is 1.01. The van der Waals surface area contributed by atoms with Gasteiger partial charge in [-0.2, -0.15) is 0 Å². The van der Waals surface area contributed by atoms with Crippen molar-refractivity contribution in [2.75, 3.05) is 0 Å². The minimum atomic E-state index is -0.0543. The summed E-state index contributed by atoms with van der Waals surface area (Å²) in [6.07, 6.45) is 0. The zero-order chi connectivity index (χ0) is 10.3. The molecule has 74 valence electrons. The minimum absolute atomic E-state index is 0.0332. The Hall–Kier alpha value is -0.200. The maximum atomic E-state index is 4.05. The first-order valence-electron chi connectivity index (χ1n) is 4.21. The molecule has 0 bridgehead atoms. The Morgan fingerprint density at radius 2 is 1.69 bits per heavy atom. The molecule has 0 N–H and O–H groups in total. The summed E-state index contributed by atoms with van der Waals surface area (Å²) >= 11 is 2.34. The highest BCUT2D eigenvalue weighted by molar-refractivity contribution is 14.1. The summed E-state index contributed by atoms with van der Waals surface area (Å²) in [4.78, 5) is 0. The third-order valence-corrected chi connectivity index (χ3v) is 2.12. The Balaban J connectivity index is 3.19. The van der Waals surface area contributed by atoms with E-state index in [1.54, 1.807) is 0 Å². The van der Waals surface area contributed by atoms with Crippen LogP contribution in [-0.4, -0.2) is 20.2 Å². The highest BCUT2D eigenvalue weighted by Gasteiger charge is 2.28. The summed E-state index contributed by atoms with van der Waals surface area (Å²) in [5.41, 5.74) is -0.0543. The fraction of sp³-hybridized carbons (Fsp3) is 0.875. The van der Waals surface area contributed by atoms with Crippen LogP contribution in [0.15, 0.2) is 0 Å². The largest absolute Gasteiger partial charge is 0.223 e. The van der Waals surface area contributed by atoms with Crippen LogP contribution >= 0.6 is 22.6 Å². The van der Waals surface area contributed by atoms with Crippen LogP contribution in [0.25, 0.3) is 0 Å². The van der Waals surface area contributed by atoms with Crippen molar-refractivity contribution in [2.45, 2.75) is 43.6 Å². The molecule has 5 heteroatoms. The highest BCUT2D eigenvalue weighted by Crippen LogP contribution is 2.30. The smallest absolute Gasteiger partial charge is 0.167 e. The van der Waals surface area contributed by atoms with Crippen LogP contribution in [0.4, 0.5) is 0 Å². The van der Waals surface area contributed by atoms with E-state index < -0.39 is 0 Å². The molecule has 0 aromatic carbocycles. The first-order chi connectivity index (χ1) is 5.73. The molecule has 0 aliphatic rings. The van der Waals surface area contributed by atoms with Crippen LogP contribution in [0.1, 0.15) is 40.4 Å². The lowest BCUT2D eigenvalue weighted by Gasteiger charge is -2.24. The Morgan fingerprint density at radius 3 is 2.00 bits per heavy atom. The maximum absolute atomic E-state index is 4.05. The van der Waals surface area contributed by atoms with Gasteiger partial charge in [0.15, 0.2) is 5.82 Å². The van der Waals surface area contributed by atoms with Gasteiger partial charge >= 0.3 is 0 Å². The van der Waals surface area contributed by atoms with Crippen molar-refractivity contribution in [2.24, 2.45) is 0 Å². The molecule has 1 aromatic rings. The van der Waals surface area contributed by atoms with Crippen molar-refractivity contribution in [3.8, 4) is 0 Å². The molecule has 0 radical (unpaired) electrons. The maximum Gasteiger partial charge on any atom is 0.167 e. The zero-order valence-corrected chi connectivity index (χ0v) is 10.8. The van der Waals surface area contributed by atoms with Gasteiger partial charge in [-0.1, -0.05) is 22.6 Å². The van der Waals surface area contributed by atoms with Crippen LogP contribution in [-0.2, 0) is 8.96 Å². The van der Waals surface area contributed by atoms with Crippen LogP contribution in [0.5, 0.6) is 0 Å². The van der Waals surface area contributed by atoms with Gasteiger partial charge in [-0.05, 0) is 45.0 Å². The average molecular weight is 294 g/mol. The predicted molar refractivity (Wildman–Crippen MR) is 59.9 cm³/mol. The molecule has 1 rings (SSSR count). The van der Waals surface area contributed by atoms with Crippen molar-refractivity contribution >= 4 is 22.6 Å². The van der Waals surface area contributed by atoms with E-state index in [1.165, 1.54) is 0 Å². The van der Waals surface area contributed by atoms with Crippen molar-refractivity contribution in [1.29, 1.82) is 0 Å². The topological polar surface area (TPSA) is 43.6 Å². The summed E-state index contributed by atoms with van der Waals surface area (Å²) in [6.45, 7) is 10.5. The molecule has 1 heterocycles. The zero-order valence-electron chi connectivity index (χ0n) is 8.67. The minimum Gasteiger partial charge on any atom is -0.223 e. The van der Waals surface area contributed by atoms with Gasteiger partial charge in [0, 0.05) is 0 Å². The number of aromatic nitrogens is 4. The van der Waals surface area contributed by atoms with E-state index in [0.29, 0.717) is 0 Å². The number of hydrogen-bond acceptors (Lipinski definition) is 3. The second kappa shape index (κ2) is 3.18. The lowest BCUT2D eigenvalue weighted by molar-refractivity contribution is 0.329. The molecule has 1 aromatic heterocycles. The summed E-state index contributed by atoms with van der Waals surface area (Å²) in [5, 5.41) is 11.8. The van der Waals surface area contributed by atoms with Gasteiger partial charge in [0.05, 0.1) is 8.96 Å². The van der Waals surface area contributed by atoms with E-state index in [9.17, 15) is 0 Å². The van der Waals surface area contributed by atoms with Crippen LogP contribution in [0, 0.1) is 0 Å². The summed E-state index contributed by atoms with van der Waals surface area (Å²) in [5.74, 6) is 0.917. The third kappa shape index (κ3) is 2.38. The van der Waals surface area contributed by atoms with E-state index >= 15 is 0 Å². The molecule has 0 aliphatic carbocycles. The summed E-state index contributed by atoms with van der Waals surface area (Å²) < 4.78 is 1.84. The molecule has 13 heavy (non-hydrogen) atoms. The van der Waals surface area contributed by atoms with Gasteiger partial charge in [-0.25, -0.2) is 4.68 Å². The van der Waals surface area contributed by atoms with Gasteiger partial charge in [-0.3, -0.25) is 0 Å². The lowest BCUT2D eigenvalue weighted by Crippen LogP contribution is -2.29. The number of hydrogen-bond donors (Lipinski definition) is 0. The van der Waals surface area contributed by atoms with Gasteiger partial charge in [0.1, 0.15) is 0 Å². The first-order valence-corrected chi connectivity index (χ1v) is 5.29. The van der Waals surface area contributed by atoms with E-state index in [4.69, 9.17) is 0 Å². The van der Waals surface area contributed by atoms with Crippen molar-refractivity contribution < 1.29 is 0 Å². The van der Waals surface area contributed by atoms with Crippen LogP contribution < -0.4 is 0 Å². The van der Waals surface area contributed by atoms with Crippen LogP contribution in [0.3, 0.4) is 0 Å². The Bertz CT molecular complexity index is 263. The number of tetrazole rings is 1. The second-order valence-electron chi connectivity index (χ2n) is 4.56. The molecular formula is C8H15IN4. The van der Waals surface area contributed by atoms with E-state index in [0.717, 1.165) is 5.82 Å². The van der Waals surface area contributed by atoms with Gasteiger partial charge in [0.2, 0.25) is 0 Å². The average Bonchev–Trinajstić information content (AvgIpc) is 2.27. The molecule has 0 amide bonds. The van der Waals surface area contributed by atoms with Crippen LogP contribution in [0.2, 0.25) is 0 Å². The Morgan fingerprint density at radius 1 is 1.15 bits per heavy atom. The van der Waals surface area contributed by atoms with E-state index in [-0.39, 0.29) is 8.96 Å². The summed E-state index contributed by atoms with van der Waals surface area (Å²) in [6, 6.07) is 0.